The molecule has 1 aromatic heterocycles. The smallest absolute Gasteiger partial charge is 0.322 e. The number of benzene rings is 2. The summed E-state index contributed by atoms with van der Waals surface area (Å²) in [6.07, 6.45) is 1.48. The van der Waals surface area contributed by atoms with Crippen molar-refractivity contribution in [2.45, 2.75) is 18.8 Å². The van der Waals surface area contributed by atoms with E-state index in [2.05, 4.69) is 10.4 Å². The van der Waals surface area contributed by atoms with Crippen LogP contribution in [0.4, 0.5) is 14.5 Å². The van der Waals surface area contributed by atoms with Crippen molar-refractivity contribution < 1.29 is 13.6 Å². The number of carbonyl (C=O) groups excluding carboxylic acids is 1. The van der Waals surface area contributed by atoms with Gasteiger partial charge in [-0.25, -0.2) is 22.8 Å². The minimum atomic E-state index is -0.805. The zero-order chi connectivity index (χ0) is 22.0. The van der Waals surface area contributed by atoms with Gasteiger partial charge >= 0.3 is 5.69 Å². The molecule has 0 bridgehead atoms. The van der Waals surface area contributed by atoms with Crippen LogP contribution < -0.4 is 11.0 Å². The first kappa shape index (κ1) is 20.9. The third-order valence-corrected chi connectivity index (χ3v) is 5.49. The normalized spacial score (nSPS) is 15.2. The zero-order valence-electron chi connectivity index (χ0n) is 17.1. The molecule has 1 aliphatic rings. The molecular formula is C22H23F2N5O2. The van der Waals surface area contributed by atoms with Gasteiger partial charge < -0.3 is 5.32 Å². The first-order valence-electron chi connectivity index (χ1n) is 10.1. The quantitative estimate of drug-likeness (QED) is 0.680. The Morgan fingerprint density at radius 1 is 1.13 bits per heavy atom. The van der Waals surface area contributed by atoms with Crippen LogP contribution in [0.3, 0.4) is 0 Å². The van der Waals surface area contributed by atoms with Gasteiger partial charge in [0.25, 0.3) is 0 Å². The van der Waals surface area contributed by atoms with E-state index in [0.29, 0.717) is 13.1 Å². The van der Waals surface area contributed by atoms with Gasteiger partial charge in [0.1, 0.15) is 17.5 Å². The molecule has 0 saturated carbocycles. The number of aryl methyl sites for hydroxylation is 1. The summed E-state index contributed by atoms with van der Waals surface area (Å²) < 4.78 is 29.7. The van der Waals surface area contributed by atoms with Gasteiger partial charge in [-0.15, -0.1) is 0 Å². The number of likely N-dealkylation sites (tertiary alicyclic amines) is 1. The van der Waals surface area contributed by atoms with E-state index in [9.17, 15) is 18.4 Å². The van der Waals surface area contributed by atoms with E-state index >= 15 is 0 Å². The molecule has 2 aromatic carbocycles. The average Bonchev–Trinajstić information content (AvgIpc) is 3.06. The number of anilines is 1. The lowest BCUT2D eigenvalue weighted by atomic mass is 9.95. The van der Waals surface area contributed by atoms with E-state index in [1.54, 1.807) is 11.6 Å². The van der Waals surface area contributed by atoms with Gasteiger partial charge in [0.15, 0.2) is 0 Å². The van der Waals surface area contributed by atoms with Crippen molar-refractivity contribution in [3.8, 4) is 5.69 Å². The van der Waals surface area contributed by atoms with Crippen molar-refractivity contribution in [1.29, 1.82) is 0 Å². The van der Waals surface area contributed by atoms with Crippen LogP contribution in [0.1, 0.15) is 24.6 Å². The lowest BCUT2D eigenvalue weighted by molar-refractivity contribution is -0.117. The number of amides is 1. The highest BCUT2D eigenvalue weighted by Crippen LogP contribution is 2.27. The van der Waals surface area contributed by atoms with E-state index in [0.717, 1.165) is 36.5 Å². The topological polar surface area (TPSA) is 72.2 Å². The Kier molecular flexibility index (Phi) is 5.94. The van der Waals surface area contributed by atoms with Crippen molar-refractivity contribution >= 4 is 11.6 Å². The molecular weight excluding hydrogens is 404 g/mol. The molecule has 1 N–H and O–H groups in total. The summed E-state index contributed by atoms with van der Waals surface area (Å²) in [6, 6.07) is 12.4. The fourth-order valence-corrected chi connectivity index (χ4v) is 3.90. The van der Waals surface area contributed by atoms with Crippen molar-refractivity contribution in [1.82, 2.24) is 19.2 Å². The molecule has 1 aliphatic heterocycles. The molecule has 1 saturated heterocycles. The monoisotopic (exact) mass is 427 g/mol. The highest BCUT2D eigenvalue weighted by Gasteiger charge is 2.27. The number of rotatable bonds is 5. The minimum Gasteiger partial charge on any atom is -0.322 e. The standard InChI is InChI=1S/C22H23F2N5O2/c1-27-22(31)29(17-5-3-2-4-6-17)21(26-27)15-9-11-28(12-10-15)14-20(30)25-19-8-7-16(23)13-18(19)24/h2-8,13,15H,9-12,14H2,1H3,(H,25,30). The maximum atomic E-state index is 13.7. The van der Waals surface area contributed by atoms with Crippen LogP contribution in [-0.2, 0) is 11.8 Å². The molecule has 1 amide bonds. The van der Waals surface area contributed by atoms with Gasteiger partial charge in [0, 0.05) is 19.0 Å². The van der Waals surface area contributed by atoms with Gasteiger partial charge in [-0.2, -0.15) is 5.10 Å². The van der Waals surface area contributed by atoms with Crippen molar-refractivity contribution in [3.05, 3.63) is 76.5 Å². The molecule has 0 radical (unpaired) electrons. The van der Waals surface area contributed by atoms with Crippen molar-refractivity contribution in [3.63, 3.8) is 0 Å². The second kappa shape index (κ2) is 8.81. The fraction of sp³-hybridized carbons (Fsp3) is 0.318. The van der Waals surface area contributed by atoms with Crippen LogP contribution in [0, 0.1) is 11.6 Å². The van der Waals surface area contributed by atoms with E-state index < -0.39 is 11.6 Å². The van der Waals surface area contributed by atoms with Gasteiger partial charge in [0.05, 0.1) is 17.9 Å². The molecule has 1 fully saturated rings. The summed E-state index contributed by atoms with van der Waals surface area (Å²) in [5, 5.41) is 6.95. The molecule has 0 unspecified atom stereocenters. The lowest BCUT2D eigenvalue weighted by Crippen LogP contribution is -2.39. The van der Waals surface area contributed by atoms with E-state index in [1.165, 1.54) is 10.7 Å². The van der Waals surface area contributed by atoms with Gasteiger partial charge in [0.2, 0.25) is 5.91 Å². The molecule has 7 nitrogen and oxygen atoms in total. The molecule has 0 aliphatic carbocycles. The third kappa shape index (κ3) is 4.56. The second-order valence-electron chi connectivity index (χ2n) is 7.66. The van der Waals surface area contributed by atoms with Crippen LogP contribution in [0.15, 0.2) is 53.3 Å². The minimum absolute atomic E-state index is 0.0401. The highest BCUT2D eigenvalue weighted by molar-refractivity contribution is 5.92. The number of hydrogen-bond acceptors (Lipinski definition) is 4. The summed E-state index contributed by atoms with van der Waals surface area (Å²) >= 11 is 0. The predicted octanol–water partition coefficient (Wildman–Crippen LogP) is 2.67. The SMILES string of the molecule is Cn1nc(C2CCN(CC(=O)Nc3ccc(F)cc3F)CC2)n(-c2ccccc2)c1=O. The van der Waals surface area contributed by atoms with Gasteiger partial charge in [-0.1, -0.05) is 18.2 Å². The summed E-state index contributed by atoms with van der Waals surface area (Å²) in [5.74, 6) is -1.05. The number of carbonyl (C=O) groups is 1. The van der Waals surface area contributed by atoms with Crippen LogP contribution >= 0.6 is 0 Å². The Hall–Kier alpha value is -3.33. The fourth-order valence-electron chi connectivity index (χ4n) is 3.90. The van der Waals surface area contributed by atoms with Gasteiger partial charge in [-0.3, -0.25) is 9.69 Å². The number of nitrogens with zero attached hydrogens (tertiary/aromatic N) is 4. The van der Waals surface area contributed by atoms with Crippen LogP contribution in [0.2, 0.25) is 0 Å². The van der Waals surface area contributed by atoms with Crippen molar-refractivity contribution in [2.75, 3.05) is 25.0 Å². The predicted molar refractivity (Wildman–Crippen MR) is 112 cm³/mol. The molecule has 162 valence electrons. The maximum Gasteiger partial charge on any atom is 0.350 e. The Morgan fingerprint density at radius 3 is 2.52 bits per heavy atom. The van der Waals surface area contributed by atoms with Crippen molar-refractivity contribution in [2.24, 2.45) is 7.05 Å². The summed E-state index contributed by atoms with van der Waals surface area (Å²) in [4.78, 5) is 26.9. The third-order valence-electron chi connectivity index (χ3n) is 5.49. The number of hydrogen-bond donors (Lipinski definition) is 1. The average molecular weight is 427 g/mol. The molecule has 31 heavy (non-hydrogen) atoms. The highest BCUT2D eigenvalue weighted by atomic mass is 19.1. The molecule has 0 atom stereocenters. The number of halogens is 2. The van der Waals surface area contributed by atoms with Crippen LogP contribution in [0.25, 0.3) is 5.69 Å². The first-order chi connectivity index (χ1) is 14.9. The lowest BCUT2D eigenvalue weighted by Gasteiger charge is -2.31. The Bertz CT molecular complexity index is 1130. The summed E-state index contributed by atoms with van der Waals surface area (Å²) in [5.41, 5.74) is 0.546. The summed E-state index contributed by atoms with van der Waals surface area (Å²) in [6.45, 7) is 1.39. The van der Waals surface area contributed by atoms with E-state index in [1.807, 2.05) is 35.2 Å². The number of para-hydroxylation sites is 1. The number of piperidine rings is 1. The first-order valence-corrected chi connectivity index (χ1v) is 10.1. The van der Waals surface area contributed by atoms with E-state index in [-0.39, 0.29) is 29.7 Å². The molecule has 9 heteroatoms. The number of aromatic nitrogens is 3. The molecule has 2 heterocycles. The zero-order valence-corrected chi connectivity index (χ0v) is 17.1. The van der Waals surface area contributed by atoms with Crippen LogP contribution in [-0.4, -0.2) is 44.8 Å². The molecule has 0 spiro atoms. The molecule has 3 aromatic rings. The van der Waals surface area contributed by atoms with Gasteiger partial charge in [-0.05, 0) is 50.2 Å². The Balaban J connectivity index is 1.40. The second-order valence-corrected chi connectivity index (χ2v) is 7.66. The van der Waals surface area contributed by atoms with Crippen LogP contribution in [0.5, 0.6) is 0 Å². The Labute approximate surface area is 177 Å². The maximum absolute atomic E-state index is 13.7. The largest absolute Gasteiger partial charge is 0.350 e. The Morgan fingerprint density at radius 2 is 1.84 bits per heavy atom. The number of nitrogens with one attached hydrogen (secondary N) is 1. The molecule has 4 rings (SSSR count). The van der Waals surface area contributed by atoms with E-state index in [4.69, 9.17) is 0 Å². The summed E-state index contributed by atoms with van der Waals surface area (Å²) in [7, 11) is 1.64.